The quantitative estimate of drug-likeness (QED) is 0.0169. The van der Waals surface area contributed by atoms with Crippen LogP contribution in [0.1, 0.15) is 259 Å². The summed E-state index contributed by atoms with van der Waals surface area (Å²) in [5, 5.41) is 10.6. The standard InChI is InChI=1S/C87H136O17P2/c1-5-9-13-17-21-25-29-33-36-38-40-42-45-49-52-56-60-64-68-72-85(90)98-78-83(104-87(92)74-70-66-62-58-54-50-46-43-41-39-37-34-30-26-22-18-14-10-6-2)80-102-106(95,96)100-76-81(88)75-99-105(93,94)101-79-82(103-86(91)73-69-65-61-57-53-47-32-28-24-20-16-12-8-4)77-97-84(89)71-67-63-59-55-51-48-44-35-31-27-23-19-15-11-7-3/h9-11,13-15,21-23,25-28,32-37,40-44,49-52,54-55,60,63-64,67,81-83,88H,5-8,12,16-20,24,29-31,38-39,45-48,53,56-59,61-62,65-66,68-80H2,1-4H3,(H,93,94)(H,95,96)/b13-9-,14-10-,15-11-,25-21-,26-22-,27-23-,32-28-,36-33-,37-34-,42-40-,43-41-,44-35-,52-49-,54-50-,55-51-,64-60-,67-63-. The second-order valence-electron chi connectivity index (χ2n) is 25.2. The van der Waals surface area contributed by atoms with Crippen LogP contribution in [0.4, 0.5) is 0 Å². The number of ether oxygens (including phenoxy) is 4. The molecule has 0 aromatic carbocycles. The fraction of sp³-hybridized carbons (Fsp3) is 0.563. The lowest BCUT2D eigenvalue weighted by Gasteiger charge is -2.21. The van der Waals surface area contributed by atoms with E-state index in [2.05, 4.69) is 192 Å². The van der Waals surface area contributed by atoms with Gasteiger partial charge in [-0.3, -0.25) is 37.3 Å². The molecular formula is C87H136O17P2. The third-order valence-electron chi connectivity index (χ3n) is 15.3. The van der Waals surface area contributed by atoms with E-state index in [0.717, 1.165) is 148 Å². The van der Waals surface area contributed by atoms with Gasteiger partial charge in [-0.05, 0) is 161 Å². The molecule has 0 aliphatic heterocycles. The van der Waals surface area contributed by atoms with Crippen LogP contribution in [-0.4, -0.2) is 96.7 Å². The van der Waals surface area contributed by atoms with Crippen LogP contribution in [0.5, 0.6) is 0 Å². The summed E-state index contributed by atoms with van der Waals surface area (Å²) in [6.45, 7) is 4.22. The van der Waals surface area contributed by atoms with Gasteiger partial charge in [-0.1, -0.05) is 279 Å². The van der Waals surface area contributed by atoms with E-state index in [-0.39, 0.29) is 25.7 Å². The summed E-state index contributed by atoms with van der Waals surface area (Å²) in [5.74, 6) is -2.49. The number of aliphatic hydroxyl groups is 1. The van der Waals surface area contributed by atoms with E-state index in [4.69, 9.17) is 37.0 Å². The second-order valence-corrected chi connectivity index (χ2v) is 28.1. The zero-order valence-corrected chi connectivity index (χ0v) is 66.8. The highest BCUT2D eigenvalue weighted by molar-refractivity contribution is 7.47. The summed E-state index contributed by atoms with van der Waals surface area (Å²) in [5.41, 5.74) is 0. The Kier molecular flexibility index (Phi) is 72.2. The van der Waals surface area contributed by atoms with Crippen LogP contribution >= 0.6 is 15.6 Å². The summed E-state index contributed by atoms with van der Waals surface area (Å²) < 4.78 is 68.3. The van der Waals surface area contributed by atoms with Crippen molar-refractivity contribution in [1.29, 1.82) is 0 Å². The Hall–Kier alpha value is -6.36. The number of rotatable bonds is 71. The summed E-state index contributed by atoms with van der Waals surface area (Å²) in [6.07, 6.45) is 95.7. The molecule has 5 atom stereocenters. The maximum absolute atomic E-state index is 13.1. The van der Waals surface area contributed by atoms with Crippen molar-refractivity contribution >= 4 is 39.5 Å². The molecule has 17 nitrogen and oxygen atoms in total. The molecule has 0 fully saturated rings. The van der Waals surface area contributed by atoms with Gasteiger partial charge in [0, 0.05) is 19.3 Å². The summed E-state index contributed by atoms with van der Waals surface area (Å²) in [6, 6.07) is 0. The number of carbonyl (C=O) groups excluding carboxylic acids is 4. The topological polar surface area (TPSA) is 237 Å². The van der Waals surface area contributed by atoms with E-state index in [1.807, 2.05) is 36.5 Å². The molecule has 0 aromatic rings. The lowest BCUT2D eigenvalue weighted by atomic mass is 10.1. The Labute approximate surface area is 639 Å². The van der Waals surface area contributed by atoms with Crippen LogP contribution in [0.25, 0.3) is 0 Å². The van der Waals surface area contributed by atoms with Crippen molar-refractivity contribution in [2.45, 2.75) is 277 Å². The van der Waals surface area contributed by atoms with E-state index in [1.54, 1.807) is 6.08 Å². The van der Waals surface area contributed by atoms with Gasteiger partial charge in [0.05, 0.1) is 32.8 Å². The van der Waals surface area contributed by atoms with Crippen LogP contribution < -0.4 is 0 Å². The molecule has 0 aliphatic rings. The highest BCUT2D eigenvalue weighted by Crippen LogP contribution is 2.45. The maximum Gasteiger partial charge on any atom is 0.472 e. The molecule has 0 saturated carbocycles. The van der Waals surface area contributed by atoms with Crippen molar-refractivity contribution < 1.29 is 80.2 Å². The third-order valence-corrected chi connectivity index (χ3v) is 17.2. The van der Waals surface area contributed by atoms with Crippen molar-refractivity contribution in [2.75, 3.05) is 39.6 Å². The van der Waals surface area contributed by atoms with E-state index < -0.39 is 97.5 Å². The average molecular weight is 1520 g/mol. The molecule has 5 unspecified atom stereocenters. The summed E-state index contributed by atoms with van der Waals surface area (Å²) in [7, 11) is -10.0. The number of hydrogen-bond acceptors (Lipinski definition) is 15. The molecule has 0 rings (SSSR count). The highest BCUT2D eigenvalue weighted by atomic mass is 31.2. The number of unbranched alkanes of at least 4 members (excludes halogenated alkanes) is 12. The lowest BCUT2D eigenvalue weighted by molar-refractivity contribution is -0.161. The zero-order chi connectivity index (χ0) is 77.4. The van der Waals surface area contributed by atoms with Gasteiger partial charge in [0.2, 0.25) is 0 Å². The van der Waals surface area contributed by atoms with E-state index in [0.29, 0.717) is 32.1 Å². The smallest absolute Gasteiger partial charge is 0.462 e. The Morgan fingerprint density at radius 1 is 0.283 bits per heavy atom. The van der Waals surface area contributed by atoms with E-state index in [9.17, 15) is 43.2 Å². The number of phosphoric ester groups is 2. The zero-order valence-electron chi connectivity index (χ0n) is 65.0. The van der Waals surface area contributed by atoms with E-state index in [1.165, 1.54) is 25.7 Å². The van der Waals surface area contributed by atoms with Crippen molar-refractivity contribution in [1.82, 2.24) is 0 Å². The van der Waals surface area contributed by atoms with Crippen LogP contribution in [-0.2, 0) is 65.4 Å². The molecule has 0 spiro atoms. The maximum atomic E-state index is 13.1. The molecule has 0 heterocycles. The molecule has 0 saturated heterocycles. The number of allylic oxidation sites excluding steroid dienone is 33. The molecular weight excluding hydrogens is 1380 g/mol. The SMILES string of the molecule is CC/C=C\C/C=C\C/C=C\C/C=C\C/C=C\C/C=C\CCC(=O)OCC(COP(=O)(O)OCC(O)COP(=O)(O)OCC(COC(=O)C/C=C\C/C=C\C/C=C\C/C=C\C/C=C\CC)OC(=O)CCCCCCC/C=C\CCCCCC)OC(=O)CCCCC/C=C\C/C=C\C/C=C\C/C=C\C/C=C\CC. The first-order valence-corrected chi connectivity index (χ1v) is 42.3. The summed E-state index contributed by atoms with van der Waals surface area (Å²) >= 11 is 0. The van der Waals surface area contributed by atoms with Gasteiger partial charge in [0.1, 0.15) is 19.3 Å². The molecule has 596 valence electrons. The molecule has 0 radical (unpaired) electrons. The van der Waals surface area contributed by atoms with Crippen LogP contribution in [0.15, 0.2) is 207 Å². The first-order chi connectivity index (χ1) is 51.7. The van der Waals surface area contributed by atoms with Crippen molar-refractivity contribution in [3.63, 3.8) is 0 Å². The van der Waals surface area contributed by atoms with Crippen LogP contribution in [0.3, 0.4) is 0 Å². The van der Waals surface area contributed by atoms with Gasteiger partial charge in [-0.15, -0.1) is 0 Å². The number of aliphatic hydroxyl groups excluding tert-OH is 1. The second kappa shape index (κ2) is 76.8. The third kappa shape index (κ3) is 75.9. The lowest BCUT2D eigenvalue weighted by Crippen LogP contribution is -2.30. The molecule has 0 aliphatic carbocycles. The number of hydrogen-bond donors (Lipinski definition) is 3. The van der Waals surface area contributed by atoms with Crippen molar-refractivity contribution in [3.8, 4) is 0 Å². The van der Waals surface area contributed by atoms with Gasteiger partial charge < -0.3 is 33.8 Å². The minimum atomic E-state index is -5.02. The first-order valence-electron chi connectivity index (χ1n) is 39.3. The predicted octanol–water partition coefficient (Wildman–Crippen LogP) is 23.1. The largest absolute Gasteiger partial charge is 0.472 e. The molecule has 19 heteroatoms. The molecule has 0 bridgehead atoms. The molecule has 106 heavy (non-hydrogen) atoms. The van der Waals surface area contributed by atoms with Gasteiger partial charge in [-0.25, -0.2) is 9.13 Å². The summed E-state index contributed by atoms with van der Waals surface area (Å²) in [4.78, 5) is 72.9. The molecule has 0 aromatic heterocycles. The highest BCUT2D eigenvalue weighted by Gasteiger charge is 2.30. The predicted molar refractivity (Wildman–Crippen MR) is 435 cm³/mol. The monoisotopic (exact) mass is 1510 g/mol. The first kappa shape index (κ1) is 99.6. The van der Waals surface area contributed by atoms with Crippen LogP contribution in [0.2, 0.25) is 0 Å². The minimum absolute atomic E-state index is 0.0175. The minimum Gasteiger partial charge on any atom is -0.462 e. The number of esters is 4. The van der Waals surface area contributed by atoms with Crippen LogP contribution in [0, 0.1) is 0 Å². The molecule has 3 N–H and O–H groups in total. The fourth-order valence-electron chi connectivity index (χ4n) is 9.40. The number of phosphoric acid groups is 2. The Bertz CT molecular complexity index is 2830. The Morgan fingerprint density at radius 3 is 0.896 bits per heavy atom. The fourth-order valence-corrected chi connectivity index (χ4v) is 11.0. The van der Waals surface area contributed by atoms with Gasteiger partial charge in [0.25, 0.3) is 0 Å². The van der Waals surface area contributed by atoms with Gasteiger partial charge in [-0.2, -0.15) is 0 Å². The van der Waals surface area contributed by atoms with Crippen molar-refractivity contribution in [2.24, 2.45) is 0 Å². The molecule has 0 amide bonds. The van der Waals surface area contributed by atoms with Gasteiger partial charge in [0.15, 0.2) is 12.2 Å². The Morgan fingerprint density at radius 2 is 0.547 bits per heavy atom. The number of carbonyl (C=O) groups is 4. The normalized spacial score (nSPS) is 15.0. The van der Waals surface area contributed by atoms with Gasteiger partial charge >= 0.3 is 39.5 Å². The van der Waals surface area contributed by atoms with E-state index >= 15 is 0 Å². The Balaban J connectivity index is 5.56. The average Bonchev–Trinajstić information content (AvgIpc) is 0.903. The van der Waals surface area contributed by atoms with Crippen molar-refractivity contribution in [3.05, 3.63) is 207 Å².